The Morgan fingerprint density at radius 2 is 2.18 bits per heavy atom. The Labute approximate surface area is 176 Å². The number of halogens is 2. The summed E-state index contributed by atoms with van der Waals surface area (Å²) in [5.41, 5.74) is 1.62. The Bertz CT molecular complexity index is 814. The van der Waals surface area contributed by atoms with E-state index in [1.807, 2.05) is 29.2 Å². The highest BCUT2D eigenvalue weighted by atomic mass is 35.5. The van der Waals surface area contributed by atoms with E-state index in [4.69, 9.17) is 4.74 Å². The first kappa shape index (κ1) is 21.3. The maximum absolute atomic E-state index is 12.8. The van der Waals surface area contributed by atoms with Gasteiger partial charge in [-0.2, -0.15) is 0 Å². The second-order valence-corrected chi connectivity index (χ2v) is 7.78. The van der Waals surface area contributed by atoms with Crippen LogP contribution in [0.1, 0.15) is 12.2 Å². The van der Waals surface area contributed by atoms with Crippen molar-refractivity contribution in [1.29, 1.82) is 0 Å². The summed E-state index contributed by atoms with van der Waals surface area (Å²) >= 11 is 0. The topological polar surface area (TPSA) is 90.5 Å². The number of aliphatic hydroxyl groups is 1. The van der Waals surface area contributed by atoms with Crippen molar-refractivity contribution in [1.82, 2.24) is 20.2 Å². The zero-order valence-electron chi connectivity index (χ0n) is 15.5. The van der Waals surface area contributed by atoms with Gasteiger partial charge in [0.15, 0.2) is 0 Å². The summed E-state index contributed by atoms with van der Waals surface area (Å²) < 4.78 is 6.26. The fourth-order valence-corrected chi connectivity index (χ4v) is 5.00. The number of carbonyl (C=O) groups is 1. The smallest absolute Gasteiger partial charge is 0.223 e. The van der Waals surface area contributed by atoms with Crippen LogP contribution in [0.3, 0.4) is 0 Å². The number of amides is 1. The molecule has 5 rings (SSSR count). The lowest BCUT2D eigenvalue weighted by Crippen LogP contribution is -2.52. The van der Waals surface area contributed by atoms with Gasteiger partial charge in [0.05, 0.1) is 23.7 Å². The number of ether oxygens (including phenoxy) is 1. The van der Waals surface area contributed by atoms with E-state index >= 15 is 0 Å². The van der Waals surface area contributed by atoms with Crippen molar-refractivity contribution in [3.63, 3.8) is 0 Å². The number of carbonyl (C=O) groups excluding carboxylic acids is 1. The van der Waals surface area contributed by atoms with Crippen molar-refractivity contribution in [2.45, 2.75) is 24.5 Å². The number of likely N-dealkylation sites (tertiary alicyclic amines) is 1. The molecule has 3 aliphatic heterocycles. The molecule has 1 spiro atoms. The molecule has 1 aromatic carbocycles. The molecule has 1 amide bonds. The molecule has 4 heterocycles. The van der Waals surface area contributed by atoms with Gasteiger partial charge in [-0.25, -0.2) is 4.98 Å². The third-order valence-electron chi connectivity index (χ3n) is 6.28. The summed E-state index contributed by atoms with van der Waals surface area (Å²) in [7, 11) is 0. The van der Waals surface area contributed by atoms with Crippen molar-refractivity contribution in [3.8, 4) is 0 Å². The molecule has 3 fully saturated rings. The van der Waals surface area contributed by atoms with E-state index in [1.165, 1.54) is 0 Å². The van der Waals surface area contributed by atoms with E-state index in [1.54, 1.807) is 0 Å². The van der Waals surface area contributed by atoms with Crippen LogP contribution in [0, 0.1) is 11.8 Å². The monoisotopic (exact) mass is 428 g/mol. The number of imidazole rings is 1. The third-order valence-corrected chi connectivity index (χ3v) is 6.28. The molecule has 2 aromatic rings. The quantitative estimate of drug-likeness (QED) is 0.679. The second-order valence-electron chi connectivity index (χ2n) is 7.78. The van der Waals surface area contributed by atoms with Crippen LogP contribution in [0.15, 0.2) is 24.3 Å². The number of benzene rings is 1. The molecule has 9 heteroatoms. The summed E-state index contributed by atoms with van der Waals surface area (Å²) in [6.45, 7) is 2.99. The zero-order valence-corrected chi connectivity index (χ0v) is 17.1. The number of hydrogen-bond donors (Lipinski definition) is 3. The molecule has 0 unspecified atom stereocenters. The van der Waals surface area contributed by atoms with Gasteiger partial charge in [-0.1, -0.05) is 12.1 Å². The van der Waals surface area contributed by atoms with E-state index in [-0.39, 0.29) is 60.9 Å². The van der Waals surface area contributed by atoms with Crippen LogP contribution in [0.4, 0.5) is 0 Å². The van der Waals surface area contributed by atoms with E-state index in [9.17, 15) is 9.90 Å². The molecular formula is C19H26Cl2N4O3. The van der Waals surface area contributed by atoms with Crippen LogP contribution in [0.5, 0.6) is 0 Å². The molecule has 2 bridgehead atoms. The van der Waals surface area contributed by atoms with Crippen molar-refractivity contribution >= 4 is 41.8 Å². The molecule has 0 radical (unpaired) electrons. The molecule has 3 saturated heterocycles. The summed E-state index contributed by atoms with van der Waals surface area (Å²) in [5.74, 6) is 1.33. The molecular weight excluding hydrogens is 403 g/mol. The molecule has 3 aliphatic rings. The van der Waals surface area contributed by atoms with E-state index in [2.05, 4.69) is 15.3 Å². The Balaban J connectivity index is 0.00000112. The molecule has 3 N–H and O–H groups in total. The van der Waals surface area contributed by atoms with Gasteiger partial charge in [0.2, 0.25) is 5.91 Å². The normalized spacial score (nSPS) is 30.6. The lowest BCUT2D eigenvalue weighted by molar-refractivity contribution is -0.133. The Morgan fingerprint density at radius 1 is 1.36 bits per heavy atom. The lowest BCUT2D eigenvalue weighted by atomic mass is 9.83. The van der Waals surface area contributed by atoms with Crippen molar-refractivity contribution in [2.75, 3.05) is 32.8 Å². The number of aromatic nitrogens is 2. The number of fused-ring (bicyclic) bond motifs is 2. The number of nitrogens with one attached hydrogen (secondary N) is 2. The van der Waals surface area contributed by atoms with E-state index in [0.717, 1.165) is 29.9 Å². The minimum Gasteiger partial charge on any atom is -0.396 e. The van der Waals surface area contributed by atoms with Gasteiger partial charge in [-0.3, -0.25) is 4.79 Å². The number of hydrogen-bond acceptors (Lipinski definition) is 5. The highest BCUT2D eigenvalue weighted by Crippen LogP contribution is 2.47. The number of aromatic amines is 1. The highest BCUT2D eigenvalue weighted by molar-refractivity contribution is 5.85. The first-order chi connectivity index (χ1) is 12.7. The number of aliphatic hydroxyl groups excluding tert-OH is 1. The predicted octanol–water partition coefficient (Wildman–Crippen LogP) is 1.15. The summed E-state index contributed by atoms with van der Waals surface area (Å²) in [6, 6.07) is 7.90. The van der Waals surface area contributed by atoms with Crippen molar-refractivity contribution in [3.05, 3.63) is 30.1 Å². The van der Waals surface area contributed by atoms with Gasteiger partial charge in [-0.15, -0.1) is 24.8 Å². The standard InChI is InChI=1S/C19H24N4O3.2ClH/c24-9-12-13-8-23(11-19(13)10-20-7-16(12)26-19)18(25)6-5-17-21-14-3-1-2-4-15(14)22-17;;/h1-4,12-13,16,20,24H,5-11H2,(H,21,22);2*1H/t12-,13+,16+,19+;;/m0../s1. The van der Waals surface area contributed by atoms with Gasteiger partial charge in [0.1, 0.15) is 11.4 Å². The van der Waals surface area contributed by atoms with Gasteiger partial charge in [-0.05, 0) is 12.1 Å². The molecule has 28 heavy (non-hydrogen) atoms. The van der Waals surface area contributed by atoms with Gasteiger partial charge < -0.3 is 25.0 Å². The SMILES string of the molecule is Cl.Cl.O=C(CCc1nc2ccccc2[nH]1)N1C[C@@H]2[C@H](CO)[C@H]3CNC[C@]2(C1)O3. The van der Waals surface area contributed by atoms with Crippen LogP contribution >= 0.6 is 24.8 Å². The Hall–Kier alpha value is -1.38. The summed E-state index contributed by atoms with van der Waals surface area (Å²) in [4.78, 5) is 22.5. The number of rotatable bonds is 4. The van der Waals surface area contributed by atoms with Gasteiger partial charge in [0.25, 0.3) is 0 Å². The fraction of sp³-hybridized carbons (Fsp3) is 0.579. The highest BCUT2D eigenvalue weighted by Gasteiger charge is 2.61. The Kier molecular flexibility index (Phi) is 6.22. The van der Waals surface area contributed by atoms with Gasteiger partial charge in [0, 0.05) is 50.9 Å². The van der Waals surface area contributed by atoms with Crippen LogP contribution < -0.4 is 5.32 Å². The maximum Gasteiger partial charge on any atom is 0.223 e. The fourth-order valence-electron chi connectivity index (χ4n) is 5.00. The molecule has 7 nitrogen and oxygen atoms in total. The molecule has 4 atom stereocenters. The lowest BCUT2D eigenvalue weighted by Gasteiger charge is -2.33. The third kappa shape index (κ3) is 3.39. The number of morpholine rings is 1. The molecule has 154 valence electrons. The minimum absolute atomic E-state index is 0. The molecule has 1 aromatic heterocycles. The maximum atomic E-state index is 12.8. The summed E-state index contributed by atoms with van der Waals surface area (Å²) in [5, 5.41) is 13.2. The van der Waals surface area contributed by atoms with E-state index in [0.29, 0.717) is 25.9 Å². The first-order valence-corrected chi connectivity index (χ1v) is 9.39. The van der Waals surface area contributed by atoms with Crippen LogP contribution in [0.25, 0.3) is 11.0 Å². The van der Waals surface area contributed by atoms with Crippen LogP contribution in [0.2, 0.25) is 0 Å². The van der Waals surface area contributed by atoms with Gasteiger partial charge >= 0.3 is 0 Å². The largest absolute Gasteiger partial charge is 0.396 e. The Morgan fingerprint density at radius 3 is 2.96 bits per heavy atom. The average molecular weight is 429 g/mol. The predicted molar refractivity (Wildman–Crippen MR) is 110 cm³/mol. The number of aryl methyl sites for hydroxylation is 1. The molecule has 0 aliphatic carbocycles. The number of para-hydroxylation sites is 2. The van der Waals surface area contributed by atoms with Crippen molar-refractivity contribution in [2.24, 2.45) is 11.8 Å². The second kappa shape index (κ2) is 8.16. The van der Waals surface area contributed by atoms with Crippen LogP contribution in [-0.2, 0) is 16.0 Å². The minimum atomic E-state index is -0.314. The average Bonchev–Trinajstić information content (AvgIpc) is 3.27. The number of H-pyrrole nitrogens is 1. The summed E-state index contributed by atoms with van der Waals surface area (Å²) in [6.07, 6.45) is 1.11. The zero-order chi connectivity index (χ0) is 17.7. The van der Waals surface area contributed by atoms with E-state index < -0.39 is 0 Å². The van der Waals surface area contributed by atoms with Crippen LogP contribution in [-0.4, -0.2) is 70.4 Å². The first-order valence-electron chi connectivity index (χ1n) is 9.39. The van der Waals surface area contributed by atoms with Crippen molar-refractivity contribution < 1.29 is 14.6 Å². The molecule has 0 saturated carbocycles. The number of nitrogens with zero attached hydrogens (tertiary/aromatic N) is 2.